The van der Waals surface area contributed by atoms with Crippen LogP contribution in [0.1, 0.15) is 29.2 Å². The minimum absolute atomic E-state index is 0.0743. The maximum atomic E-state index is 6.46. The molecule has 0 aliphatic carbocycles. The summed E-state index contributed by atoms with van der Waals surface area (Å²) in [5.74, 6) is 1.29. The number of hydrogen-bond donors (Lipinski definition) is 1. The predicted octanol–water partition coefficient (Wildman–Crippen LogP) is 4.73. The molecular formula is C18H20Cl2N2O. The average Bonchev–Trinajstić information content (AvgIpc) is 3.00. The molecule has 2 aromatic rings. The maximum Gasteiger partial charge on any atom is 0.129 e. The van der Waals surface area contributed by atoms with Crippen LogP contribution in [0, 0.1) is 19.8 Å². The highest BCUT2D eigenvalue weighted by Gasteiger charge is 2.29. The Morgan fingerprint density at radius 3 is 2.48 bits per heavy atom. The monoisotopic (exact) mass is 350 g/mol. The van der Waals surface area contributed by atoms with E-state index in [1.807, 2.05) is 38.2 Å². The molecule has 1 aromatic carbocycles. The third kappa shape index (κ3) is 3.79. The number of nitrogens with zero attached hydrogens (tertiary/aromatic N) is 1. The van der Waals surface area contributed by atoms with E-state index in [1.165, 1.54) is 0 Å². The first-order valence-corrected chi connectivity index (χ1v) is 8.55. The van der Waals surface area contributed by atoms with E-state index in [-0.39, 0.29) is 6.10 Å². The molecule has 1 saturated heterocycles. The Balaban J connectivity index is 1.96. The molecule has 1 fully saturated rings. The van der Waals surface area contributed by atoms with Gasteiger partial charge in [-0.1, -0.05) is 23.2 Å². The number of ether oxygens (including phenoxy) is 1. The molecule has 1 aromatic heterocycles. The molecule has 1 N–H and O–H groups in total. The fourth-order valence-electron chi connectivity index (χ4n) is 3.17. The van der Waals surface area contributed by atoms with Crippen molar-refractivity contribution in [1.29, 1.82) is 0 Å². The van der Waals surface area contributed by atoms with E-state index >= 15 is 0 Å². The topological polar surface area (TPSA) is 34.1 Å². The second-order valence-corrected chi connectivity index (χ2v) is 6.97. The third-order valence-electron chi connectivity index (χ3n) is 4.25. The summed E-state index contributed by atoms with van der Waals surface area (Å²) in [6, 6.07) is 5.81. The summed E-state index contributed by atoms with van der Waals surface area (Å²) in [5.41, 5.74) is 3.10. The number of pyridine rings is 1. The predicted molar refractivity (Wildman–Crippen MR) is 94.5 cm³/mol. The number of aryl methyl sites for hydroxylation is 2. The molecule has 0 radical (unpaired) electrons. The van der Waals surface area contributed by atoms with Crippen molar-refractivity contribution < 1.29 is 4.74 Å². The Bertz CT molecular complexity index is 676. The van der Waals surface area contributed by atoms with Crippen LogP contribution in [0.3, 0.4) is 0 Å². The van der Waals surface area contributed by atoms with E-state index < -0.39 is 0 Å². The highest BCUT2D eigenvalue weighted by Crippen LogP contribution is 2.36. The van der Waals surface area contributed by atoms with Gasteiger partial charge in [0, 0.05) is 35.4 Å². The van der Waals surface area contributed by atoms with Gasteiger partial charge in [0.2, 0.25) is 0 Å². The van der Waals surface area contributed by atoms with Crippen LogP contribution in [0.2, 0.25) is 10.0 Å². The van der Waals surface area contributed by atoms with Crippen molar-refractivity contribution in [3.63, 3.8) is 0 Å². The fraction of sp³-hybridized carbons (Fsp3) is 0.389. The van der Waals surface area contributed by atoms with Gasteiger partial charge in [-0.15, -0.1) is 0 Å². The lowest BCUT2D eigenvalue weighted by Crippen LogP contribution is -2.22. The molecule has 5 heteroatoms. The highest BCUT2D eigenvalue weighted by atomic mass is 35.5. The highest BCUT2D eigenvalue weighted by molar-refractivity contribution is 6.31. The Labute approximate surface area is 147 Å². The minimum atomic E-state index is -0.0743. The van der Waals surface area contributed by atoms with Crippen molar-refractivity contribution >= 4 is 23.2 Å². The smallest absolute Gasteiger partial charge is 0.129 e. The Kier molecular flexibility index (Phi) is 5.10. The second kappa shape index (κ2) is 7.08. The molecule has 0 bridgehead atoms. The molecule has 0 amide bonds. The van der Waals surface area contributed by atoms with Crippen LogP contribution in [0.25, 0.3) is 0 Å². The van der Waals surface area contributed by atoms with Crippen LogP contribution in [-0.4, -0.2) is 18.1 Å². The molecule has 3 nitrogen and oxygen atoms in total. The summed E-state index contributed by atoms with van der Waals surface area (Å²) < 4.78 is 6.46. The summed E-state index contributed by atoms with van der Waals surface area (Å²) in [6.07, 6.45) is 4.49. The molecule has 1 aliphatic rings. The molecule has 3 rings (SSSR count). The number of hydrogen-bond acceptors (Lipinski definition) is 3. The van der Waals surface area contributed by atoms with Crippen molar-refractivity contribution in [2.24, 2.45) is 5.92 Å². The zero-order valence-corrected chi connectivity index (χ0v) is 14.8. The quantitative estimate of drug-likeness (QED) is 0.864. The fourth-order valence-corrected chi connectivity index (χ4v) is 3.68. The van der Waals surface area contributed by atoms with Gasteiger partial charge in [-0.05, 0) is 56.1 Å². The molecule has 2 heterocycles. The summed E-state index contributed by atoms with van der Waals surface area (Å²) >= 11 is 12.3. The van der Waals surface area contributed by atoms with Gasteiger partial charge in [0.05, 0.1) is 5.02 Å². The van der Waals surface area contributed by atoms with Crippen LogP contribution >= 0.6 is 23.2 Å². The number of aromatic nitrogens is 1. The van der Waals surface area contributed by atoms with Gasteiger partial charge in [0.1, 0.15) is 11.9 Å². The number of nitrogens with one attached hydrogen (secondary N) is 1. The van der Waals surface area contributed by atoms with E-state index in [2.05, 4.69) is 10.3 Å². The molecule has 0 spiro atoms. The normalized spacial score (nSPS) is 18.9. The van der Waals surface area contributed by atoms with Gasteiger partial charge >= 0.3 is 0 Å². The van der Waals surface area contributed by atoms with E-state index in [4.69, 9.17) is 27.9 Å². The summed E-state index contributed by atoms with van der Waals surface area (Å²) in [7, 11) is 0. The average molecular weight is 351 g/mol. The first-order chi connectivity index (χ1) is 11.0. The lowest BCUT2D eigenvalue weighted by atomic mass is 9.95. The van der Waals surface area contributed by atoms with Gasteiger partial charge < -0.3 is 10.1 Å². The molecule has 122 valence electrons. The van der Waals surface area contributed by atoms with Gasteiger partial charge in [-0.25, -0.2) is 0 Å². The van der Waals surface area contributed by atoms with E-state index in [0.29, 0.717) is 10.9 Å². The van der Waals surface area contributed by atoms with Gasteiger partial charge in [-0.3, -0.25) is 4.98 Å². The van der Waals surface area contributed by atoms with Crippen LogP contribution in [0.15, 0.2) is 30.6 Å². The Morgan fingerprint density at radius 1 is 1.13 bits per heavy atom. The van der Waals surface area contributed by atoms with Crippen LogP contribution in [-0.2, 0) is 0 Å². The molecule has 0 unspecified atom stereocenters. The molecule has 2 atom stereocenters. The molecular weight excluding hydrogens is 331 g/mol. The summed E-state index contributed by atoms with van der Waals surface area (Å²) in [4.78, 5) is 4.22. The van der Waals surface area contributed by atoms with Crippen molar-refractivity contribution in [3.05, 3.63) is 57.3 Å². The summed E-state index contributed by atoms with van der Waals surface area (Å²) in [5, 5.41) is 4.77. The maximum absolute atomic E-state index is 6.46. The third-order valence-corrected chi connectivity index (χ3v) is 4.68. The van der Waals surface area contributed by atoms with Crippen molar-refractivity contribution in [2.45, 2.75) is 26.4 Å². The van der Waals surface area contributed by atoms with Gasteiger partial charge in [0.25, 0.3) is 0 Å². The number of rotatable bonds is 4. The van der Waals surface area contributed by atoms with Crippen LogP contribution < -0.4 is 10.1 Å². The van der Waals surface area contributed by atoms with Crippen LogP contribution in [0.5, 0.6) is 5.75 Å². The zero-order chi connectivity index (χ0) is 16.4. The summed E-state index contributed by atoms with van der Waals surface area (Å²) in [6.45, 7) is 5.99. The number of halogens is 2. The number of benzene rings is 1. The van der Waals surface area contributed by atoms with E-state index in [9.17, 15) is 0 Å². The first kappa shape index (κ1) is 16.6. The van der Waals surface area contributed by atoms with Crippen LogP contribution in [0.4, 0.5) is 0 Å². The first-order valence-electron chi connectivity index (χ1n) is 7.79. The Hall–Kier alpha value is -1.29. The zero-order valence-electron chi connectivity index (χ0n) is 13.3. The SMILES string of the molecule is Cc1cc(Cl)cc(C)c1O[C@@H](c1cncc(Cl)c1)[C@H]1CCNC1. The second-order valence-electron chi connectivity index (χ2n) is 6.10. The lowest BCUT2D eigenvalue weighted by molar-refractivity contribution is 0.142. The molecule has 0 saturated carbocycles. The Morgan fingerprint density at radius 2 is 1.87 bits per heavy atom. The van der Waals surface area contributed by atoms with Crippen molar-refractivity contribution in [1.82, 2.24) is 10.3 Å². The van der Waals surface area contributed by atoms with Crippen molar-refractivity contribution in [2.75, 3.05) is 13.1 Å². The van der Waals surface area contributed by atoms with E-state index in [0.717, 1.165) is 47.0 Å². The van der Waals surface area contributed by atoms with E-state index in [1.54, 1.807) is 6.20 Å². The minimum Gasteiger partial charge on any atom is -0.485 e. The van der Waals surface area contributed by atoms with Gasteiger partial charge in [-0.2, -0.15) is 0 Å². The van der Waals surface area contributed by atoms with Crippen molar-refractivity contribution in [3.8, 4) is 5.75 Å². The largest absolute Gasteiger partial charge is 0.485 e. The standard InChI is InChI=1S/C18H20Cl2N2O/c1-11-5-15(19)6-12(2)17(11)23-18(13-3-4-21-8-13)14-7-16(20)10-22-9-14/h5-7,9-10,13,18,21H,3-4,8H2,1-2H3/t13-,18+/m0/s1. The molecule has 1 aliphatic heterocycles. The lowest BCUT2D eigenvalue weighted by Gasteiger charge is -2.26. The van der Waals surface area contributed by atoms with Gasteiger partial charge in [0.15, 0.2) is 0 Å². The molecule has 23 heavy (non-hydrogen) atoms.